The topological polar surface area (TPSA) is 40.6 Å². The standard InChI is InChI=1S/C49H56N2O2S6/c1-7-13-15-31(9-3)29-49(30-32(10-4)16-14-8-2)39-25-33(41-23-19-35(56-41)27-43-45(52)50(11-5)47(54)58-43)17-21-37(39)38-22-18-34(26-40(38)49)42-24-20-36(57-42)28-44-46(53)51(12-6)48(55)59-44/h17-28,31-32H,7-16,29-30H2,1-6H3/b43-27-,44-28-. The highest BCUT2D eigenvalue weighted by atomic mass is 32.2. The Morgan fingerprint density at radius 2 is 1.03 bits per heavy atom. The maximum atomic E-state index is 13.1. The Hall–Kier alpha value is -2.86. The zero-order valence-corrected chi connectivity index (χ0v) is 40.1. The molecular formula is C49H56N2O2S6. The number of carbonyl (C=O) groups is 2. The van der Waals surface area contributed by atoms with E-state index in [-0.39, 0.29) is 17.2 Å². The fourth-order valence-electron chi connectivity index (χ4n) is 9.17. The Morgan fingerprint density at radius 3 is 1.39 bits per heavy atom. The van der Waals surface area contributed by atoms with Crippen molar-refractivity contribution in [2.45, 2.75) is 111 Å². The molecule has 4 nitrogen and oxygen atoms in total. The molecule has 0 saturated carbocycles. The summed E-state index contributed by atoms with van der Waals surface area (Å²) in [6.07, 6.45) is 16.1. The summed E-state index contributed by atoms with van der Waals surface area (Å²) in [5, 5.41) is 0. The van der Waals surface area contributed by atoms with E-state index in [2.05, 4.69) is 88.4 Å². The van der Waals surface area contributed by atoms with Gasteiger partial charge in [-0.25, -0.2) is 0 Å². The molecule has 2 aromatic carbocycles. The number of hydrogen-bond acceptors (Lipinski definition) is 8. The van der Waals surface area contributed by atoms with Crippen LogP contribution >= 0.6 is 70.6 Å². The van der Waals surface area contributed by atoms with Crippen LogP contribution in [-0.4, -0.2) is 43.3 Å². The molecule has 7 rings (SSSR count). The monoisotopic (exact) mass is 896 g/mol. The molecule has 0 radical (unpaired) electrons. The van der Waals surface area contributed by atoms with E-state index in [0.717, 1.165) is 22.6 Å². The fourth-order valence-corrected chi connectivity index (χ4v) is 14.0. The van der Waals surface area contributed by atoms with E-state index in [1.807, 2.05) is 26.0 Å². The molecule has 0 bridgehead atoms. The largest absolute Gasteiger partial charge is 0.293 e. The van der Waals surface area contributed by atoms with Crippen LogP contribution in [0.4, 0.5) is 0 Å². The van der Waals surface area contributed by atoms with Crippen molar-refractivity contribution in [1.82, 2.24) is 9.80 Å². The van der Waals surface area contributed by atoms with E-state index in [4.69, 9.17) is 24.4 Å². The van der Waals surface area contributed by atoms with Crippen LogP contribution in [0.15, 0.2) is 70.5 Å². The molecule has 2 saturated heterocycles. The van der Waals surface area contributed by atoms with Gasteiger partial charge in [-0.3, -0.25) is 19.4 Å². The lowest BCUT2D eigenvalue weighted by Gasteiger charge is -2.39. The van der Waals surface area contributed by atoms with E-state index in [1.54, 1.807) is 32.5 Å². The molecule has 59 heavy (non-hydrogen) atoms. The minimum Gasteiger partial charge on any atom is -0.293 e. The molecule has 2 aliphatic heterocycles. The molecule has 2 amide bonds. The lowest BCUT2D eigenvalue weighted by molar-refractivity contribution is -0.122. The smallest absolute Gasteiger partial charge is 0.266 e. The van der Waals surface area contributed by atoms with Gasteiger partial charge in [-0.15, -0.1) is 22.7 Å². The number of likely N-dealkylation sites (N-methyl/N-ethyl adjacent to an activating group) is 2. The summed E-state index contributed by atoms with van der Waals surface area (Å²) >= 11 is 17.3. The van der Waals surface area contributed by atoms with Crippen molar-refractivity contribution in [2.75, 3.05) is 13.1 Å². The highest BCUT2D eigenvalue weighted by Crippen LogP contribution is 2.58. The van der Waals surface area contributed by atoms with Gasteiger partial charge < -0.3 is 0 Å². The van der Waals surface area contributed by atoms with Gasteiger partial charge in [0.15, 0.2) is 0 Å². The Balaban J connectivity index is 1.33. The lowest BCUT2D eigenvalue weighted by Crippen LogP contribution is -2.31. The Bertz CT molecular complexity index is 2140. The van der Waals surface area contributed by atoms with Crippen molar-refractivity contribution in [1.29, 1.82) is 0 Å². The normalized spacial score (nSPS) is 18.5. The summed E-state index contributed by atoms with van der Waals surface area (Å²) in [5.41, 5.74) is 8.07. The first-order valence-electron chi connectivity index (χ1n) is 21.6. The van der Waals surface area contributed by atoms with Crippen molar-refractivity contribution >= 4 is 103 Å². The number of unbranched alkanes of at least 4 members (excludes halogenated alkanes) is 2. The molecule has 0 N–H and O–H groups in total. The number of carbonyl (C=O) groups excluding carboxylic acids is 2. The van der Waals surface area contributed by atoms with E-state index < -0.39 is 0 Å². The zero-order valence-electron chi connectivity index (χ0n) is 35.2. The average molecular weight is 897 g/mol. The van der Waals surface area contributed by atoms with Crippen LogP contribution in [0.1, 0.15) is 127 Å². The molecule has 2 unspecified atom stereocenters. The highest BCUT2D eigenvalue weighted by Gasteiger charge is 2.46. The first-order valence-corrected chi connectivity index (χ1v) is 25.7. The SMILES string of the molecule is CCCCC(CC)CC1(CC(CC)CCCC)c2cc(-c3ccc(/C=C4\SC(=S)N(CC)C4=O)s3)ccc2-c2ccc(-c3ccc(/C=C4\SC(=S)N(CC)C4=O)s3)cc21. The predicted molar refractivity (Wildman–Crippen MR) is 266 cm³/mol. The molecule has 2 atom stereocenters. The minimum absolute atomic E-state index is 0.00526. The molecule has 10 heteroatoms. The van der Waals surface area contributed by atoms with Crippen molar-refractivity contribution < 1.29 is 9.59 Å². The van der Waals surface area contributed by atoms with Gasteiger partial charge in [-0.2, -0.15) is 0 Å². The summed E-state index contributed by atoms with van der Waals surface area (Å²) < 4.78 is 1.27. The summed E-state index contributed by atoms with van der Waals surface area (Å²) in [6, 6.07) is 23.2. The number of fused-ring (bicyclic) bond motifs is 3. The van der Waals surface area contributed by atoms with E-state index in [0.29, 0.717) is 43.4 Å². The second-order valence-corrected chi connectivity index (χ2v) is 21.7. The number of benzene rings is 2. The van der Waals surface area contributed by atoms with Crippen LogP contribution in [0, 0.1) is 11.8 Å². The number of hydrogen-bond donors (Lipinski definition) is 0. The third-order valence-corrected chi connectivity index (χ3v) is 17.4. The number of nitrogens with zero attached hydrogens (tertiary/aromatic N) is 2. The van der Waals surface area contributed by atoms with Crippen LogP contribution in [0.2, 0.25) is 0 Å². The van der Waals surface area contributed by atoms with Crippen LogP contribution in [0.3, 0.4) is 0 Å². The molecule has 310 valence electrons. The molecule has 2 fully saturated rings. The number of thioether (sulfide) groups is 2. The van der Waals surface area contributed by atoms with Crippen molar-refractivity contribution in [3.63, 3.8) is 0 Å². The van der Waals surface area contributed by atoms with Crippen LogP contribution in [0.25, 0.3) is 44.2 Å². The Kier molecular flexibility index (Phi) is 14.6. The van der Waals surface area contributed by atoms with Gasteiger partial charge >= 0.3 is 0 Å². The molecule has 4 heterocycles. The second kappa shape index (κ2) is 19.5. The van der Waals surface area contributed by atoms with Gasteiger partial charge in [0.05, 0.1) is 9.81 Å². The molecule has 1 aliphatic carbocycles. The molecule has 2 aromatic heterocycles. The average Bonchev–Trinajstić information content (AvgIpc) is 4.06. The quantitative estimate of drug-likeness (QED) is 0.0732. The first-order chi connectivity index (χ1) is 28.6. The highest BCUT2D eigenvalue weighted by molar-refractivity contribution is 8.27. The van der Waals surface area contributed by atoms with Gasteiger partial charge in [0, 0.05) is 38.0 Å². The molecular weight excluding hydrogens is 841 g/mol. The van der Waals surface area contributed by atoms with Crippen LogP contribution in [-0.2, 0) is 15.0 Å². The molecule has 4 aromatic rings. The summed E-state index contributed by atoms with van der Waals surface area (Å²) in [4.78, 5) is 35.4. The van der Waals surface area contributed by atoms with E-state index in [9.17, 15) is 9.59 Å². The van der Waals surface area contributed by atoms with Gasteiger partial charge in [-0.05, 0) is 120 Å². The second-order valence-electron chi connectivity index (χ2n) is 16.1. The maximum Gasteiger partial charge on any atom is 0.266 e. The molecule has 3 aliphatic rings. The van der Waals surface area contributed by atoms with Crippen molar-refractivity contribution in [3.05, 3.63) is 91.4 Å². The van der Waals surface area contributed by atoms with Crippen LogP contribution in [0.5, 0.6) is 0 Å². The van der Waals surface area contributed by atoms with E-state index >= 15 is 0 Å². The van der Waals surface area contributed by atoms with Gasteiger partial charge in [-0.1, -0.05) is 151 Å². The predicted octanol–water partition coefficient (Wildman–Crippen LogP) is 15.1. The molecule has 0 spiro atoms. The third-order valence-electron chi connectivity index (χ3n) is 12.5. The zero-order chi connectivity index (χ0) is 41.8. The number of thiophene rings is 2. The van der Waals surface area contributed by atoms with Crippen molar-refractivity contribution in [3.8, 4) is 32.0 Å². The summed E-state index contributed by atoms with van der Waals surface area (Å²) in [7, 11) is 0. The maximum absolute atomic E-state index is 13.1. The fraction of sp³-hybridized carbons (Fsp3) is 0.429. The van der Waals surface area contributed by atoms with Crippen molar-refractivity contribution in [2.24, 2.45) is 11.8 Å². The van der Waals surface area contributed by atoms with E-state index in [1.165, 1.54) is 118 Å². The number of amides is 2. The van der Waals surface area contributed by atoms with Crippen LogP contribution < -0.4 is 0 Å². The number of rotatable bonds is 18. The Labute approximate surface area is 379 Å². The summed E-state index contributed by atoms with van der Waals surface area (Å²) in [5.74, 6) is 1.25. The number of thiocarbonyl (C=S) groups is 2. The minimum atomic E-state index is -0.123. The third kappa shape index (κ3) is 9.05. The van der Waals surface area contributed by atoms with Gasteiger partial charge in [0.1, 0.15) is 8.64 Å². The summed E-state index contributed by atoms with van der Waals surface area (Å²) in [6.45, 7) is 14.6. The Morgan fingerprint density at radius 1 is 0.610 bits per heavy atom. The lowest BCUT2D eigenvalue weighted by atomic mass is 9.65. The van der Waals surface area contributed by atoms with Gasteiger partial charge in [0.2, 0.25) is 0 Å². The first kappa shape index (κ1) is 44.2. The van der Waals surface area contributed by atoms with Gasteiger partial charge in [0.25, 0.3) is 11.8 Å².